The maximum Gasteiger partial charge on any atom is 0.306 e. The Morgan fingerprint density at radius 3 is 2.27 bits per heavy atom. The summed E-state index contributed by atoms with van der Waals surface area (Å²) in [6.45, 7) is 5.84. The van der Waals surface area contributed by atoms with Crippen molar-refractivity contribution in [3.05, 3.63) is 35.4 Å². The number of carboxylic acids is 1. The average Bonchev–Trinajstić information content (AvgIpc) is 2.21. The van der Waals surface area contributed by atoms with Gasteiger partial charge in [0, 0.05) is 0 Å². The van der Waals surface area contributed by atoms with Crippen molar-refractivity contribution in [3.63, 3.8) is 0 Å². The quantitative estimate of drug-likeness (QED) is 0.821. The van der Waals surface area contributed by atoms with Crippen LogP contribution in [-0.2, 0) is 4.79 Å². The van der Waals surface area contributed by atoms with Crippen molar-refractivity contribution < 1.29 is 9.90 Å². The first-order chi connectivity index (χ1) is 7.06. The highest BCUT2D eigenvalue weighted by molar-refractivity contribution is 5.70. The van der Waals surface area contributed by atoms with Crippen LogP contribution in [0.3, 0.4) is 0 Å². The molecule has 0 aliphatic carbocycles. The third-order valence-electron chi connectivity index (χ3n) is 2.94. The van der Waals surface area contributed by atoms with Crippen molar-refractivity contribution >= 4 is 5.97 Å². The molecule has 0 radical (unpaired) electrons. The van der Waals surface area contributed by atoms with Crippen LogP contribution in [0, 0.1) is 12.8 Å². The molecule has 0 spiro atoms. The molecule has 0 aliphatic rings. The van der Waals surface area contributed by atoms with Crippen LogP contribution in [0.2, 0.25) is 0 Å². The van der Waals surface area contributed by atoms with Crippen molar-refractivity contribution in [2.75, 3.05) is 0 Å². The molecule has 0 saturated carbocycles. The van der Waals surface area contributed by atoms with Gasteiger partial charge in [0.15, 0.2) is 0 Å². The van der Waals surface area contributed by atoms with Gasteiger partial charge in [-0.1, -0.05) is 43.7 Å². The van der Waals surface area contributed by atoms with Crippen LogP contribution < -0.4 is 0 Å². The lowest BCUT2D eigenvalue weighted by Crippen LogP contribution is -2.18. The summed E-state index contributed by atoms with van der Waals surface area (Å²) >= 11 is 0. The summed E-state index contributed by atoms with van der Waals surface area (Å²) < 4.78 is 0. The van der Waals surface area contributed by atoms with Crippen molar-refractivity contribution in [2.45, 2.75) is 33.1 Å². The molecule has 82 valence electrons. The molecule has 1 aromatic carbocycles. The van der Waals surface area contributed by atoms with Crippen molar-refractivity contribution in [1.82, 2.24) is 0 Å². The van der Waals surface area contributed by atoms with Crippen LogP contribution in [0.25, 0.3) is 0 Å². The van der Waals surface area contributed by atoms with E-state index in [1.54, 1.807) is 6.92 Å². The van der Waals surface area contributed by atoms with Crippen LogP contribution in [0.5, 0.6) is 0 Å². The van der Waals surface area contributed by atoms with E-state index in [1.807, 2.05) is 38.1 Å². The van der Waals surface area contributed by atoms with Crippen molar-refractivity contribution in [3.8, 4) is 0 Å². The van der Waals surface area contributed by atoms with Gasteiger partial charge in [-0.05, 0) is 24.8 Å². The monoisotopic (exact) mass is 206 g/mol. The van der Waals surface area contributed by atoms with Gasteiger partial charge < -0.3 is 5.11 Å². The van der Waals surface area contributed by atoms with Gasteiger partial charge in [0.05, 0.1) is 5.92 Å². The molecule has 0 saturated heterocycles. The third kappa shape index (κ3) is 2.82. The predicted octanol–water partition coefficient (Wildman–Crippen LogP) is 3.21. The molecule has 0 heterocycles. The van der Waals surface area contributed by atoms with Crippen LogP contribution in [-0.4, -0.2) is 11.1 Å². The van der Waals surface area contributed by atoms with E-state index in [0.29, 0.717) is 0 Å². The fraction of sp³-hybridized carbons (Fsp3) is 0.462. The molecule has 1 rings (SSSR count). The number of aryl methyl sites for hydroxylation is 1. The molecule has 0 fully saturated rings. The molecule has 0 aromatic heterocycles. The maximum absolute atomic E-state index is 10.9. The van der Waals surface area contributed by atoms with E-state index in [9.17, 15) is 4.79 Å². The van der Waals surface area contributed by atoms with E-state index >= 15 is 0 Å². The van der Waals surface area contributed by atoms with E-state index in [0.717, 1.165) is 12.0 Å². The zero-order valence-electron chi connectivity index (χ0n) is 9.53. The molecule has 2 atom stereocenters. The molecule has 2 heteroatoms. The number of carboxylic acid groups (broad SMARTS) is 1. The summed E-state index contributed by atoms with van der Waals surface area (Å²) in [5.41, 5.74) is 2.33. The molecule has 1 aromatic rings. The summed E-state index contributed by atoms with van der Waals surface area (Å²) in [5, 5.41) is 9.00. The van der Waals surface area contributed by atoms with Crippen LogP contribution in [0.15, 0.2) is 24.3 Å². The summed E-state index contributed by atoms with van der Waals surface area (Å²) in [4.78, 5) is 10.9. The third-order valence-corrected chi connectivity index (χ3v) is 2.94. The van der Waals surface area contributed by atoms with Gasteiger partial charge in [-0.3, -0.25) is 4.79 Å². The first-order valence-corrected chi connectivity index (χ1v) is 5.35. The molecule has 0 bridgehead atoms. The highest BCUT2D eigenvalue weighted by atomic mass is 16.4. The van der Waals surface area contributed by atoms with E-state index in [2.05, 4.69) is 0 Å². The van der Waals surface area contributed by atoms with Crippen molar-refractivity contribution in [2.24, 2.45) is 5.92 Å². The van der Waals surface area contributed by atoms with E-state index < -0.39 is 5.97 Å². The minimum atomic E-state index is -0.720. The van der Waals surface area contributed by atoms with Gasteiger partial charge in [-0.2, -0.15) is 0 Å². The van der Waals surface area contributed by atoms with Crippen molar-refractivity contribution in [1.29, 1.82) is 0 Å². The van der Waals surface area contributed by atoms with Gasteiger partial charge in [0.2, 0.25) is 0 Å². The predicted molar refractivity (Wildman–Crippen MR) is 61.0 cm³/mol. The van der Waals surface area contributed by atoms with Gasteiger partial charge in [-0.25, -0.2) is 0 Å². The fourth-order valence-electron chi connectivity index (χ4n) is 1.86. The zero-order chi connectivity index (χ0) is 11.4. The van der Waals surface area contributed by atoms with Crippen LogP contribution in [0.4, 0.5) is 0 Å². The highest BCUT2D eigenvalue weighted by Crippen LogP contribution is 2.28. The van der Waals surface area contributed by atoms with E-state index in [1.165, 1.54) is 5.56 Å². The van der Waals surface area contributed by atoms with Gasteiger partial charge >= 0.3 is 5.97 Å². The topological polar surface area (TPSA) is 37.3 Å². The number of hydrogen-bond donors (Lipinski definition) is 1. The Morgan fingerprint density at radius 1 is 1.33 bits per heavy atom. The fourth-order valence-corrected chi connectivity index (χ4v) is 1.86. The molecular weight excluding hydrogens is 188 g/mol. The lowest BCUT2D eigenvalue weighted by molar-refractivity contribution is -0.141. The van der Waals surface area contributed by atoms with Crippen LogP contribution >= 0.6 is 0 Å². The molecule has 2 nitrogen and oxygen atoms in total. The van der Waals surface area contributed by atoms with Gasteiger partial charge in [0.1, 0.15) is 0 Å². The number of benzene rings is 1. The molecule has 0 aliphatic heterocycles. The normalized spacial score (nSPS) is 14.6. The molecule has 1 N–H and O–H groups in total. The van der Waals surface area contributed by atoms with Gasteiger partial charge in [-0.15, -0.1) is 0 Å². The Hall–Kier alpha value is -1.31. The minimum absolute atomic E-state index is 0.114. The zero-order valence-corrected chi connectivity index (χ0v) is 9.53. The number of rotatable bonds is 4. The highest BCUT2D eigenvalue weighted by Gasteiger charge is 2.23. The standard InChI is InChI=1S/C13H18O2/c1-4-12(10(3)13(14)15)11-7-5-9(2)6-8-11/h5-8,10,12H,4H2,1-3H3,(H,14,15). The number of hydrogen-bond acceptors (Lipinski definition) is 1. The number of carbonyl (C=O) groups is 1. The second-order valence-electron chi connectivity index (χ2n) is 4.05. The largest absolute Gasteiger partial charge is 0.481 e. The molecule has 15 heavy (non-hydrogen) atoms. The second kappa shape index (κ2) is 4.96. The Bertz CT molecular complexity index is 327. The van der Waals surface area contributed by atoms with Crippen LogP contribution in [0.1, 0.15) is 37.3 Å². The Kier molecular flexibility index (Phi) is 3.89. The first kappa shape index (κ1) is 11.8. The van der Waals surface area contributed by atoms with E-state index in [4.69, 9.17) is 5.11 Å². The maximum atomic E-state index is 10.9. The Morgan fingerprint density at radius 2 is 1.87 bits per heavy atom. The summed E-state index contributed by atoms with van der Waals surface area (Å²) in [5.74, 6) is -0.928. The second-order valence-corrected chi connectivity index (χ2v) is 4.05. The van der Waals surface area contributed by atoms with E-state index in [-0.39, 0.29) is 11.8 Å². The molecular formula is C13H18O2. The Balaban J connectivity index is 2.92. The lowest BCUT2D eigenvalue weighted by Gasteiger charge is -2.19. The summed E-state index contributed by atoms with van der Waals surface area (Å²) in [7, 11) is 0. The first-order valence-electron chi connectivity index (χ1n) is 5.35. The SMILES string of the molecule is CCC(c1ccc(C)cc1)C(C)C(=O)O. The smallest absolute Gasteiger partial charge is 0.306 e. The molecule has 0 amide bonds. The minimum Gasteiger partial charge on any atom is -0.481 e. The summed E-state index contributed by atoms with van der Waals surface area (Å²) in [6, 6.07) is 8.13. The molecule has 2 unspecified atom stereocenters. The van der Waals surface area contributed by atoms with Gasteiger partial charge in [0.25, 0.3) is 0 Å². The average molecular weight is 206 g/mol. The lowest BCUT2D eigenvalue weighted by atomic mass is 9.85. The Labute approximate surface area is 90.9 Å². The number of aliphatic carboxylic acids is 1. The summed E-state index contributed by atoms with van der Waals surface area (Å²) in [6.07, 6.45) is 0.858.